The molecule has 2 aromatic rings. The Kier molecular flexibility index (Phi) is 4.54. The van der Waals surface area contributed by atoms with Gasteiger partial charge in [0.05, 0.1) is 10.5 Å². The molecule has 0 radical (unpaired) electrons. The van der Waals surface area contributed by atoms with Gasteiger partial charge in [0.15, 0.2) is 0 Å². The van der Waals surface area contributed by atoms with E-state index in [1.165, 1.54) is 0 Å². The molecule has 0 bridgehead atoms. The van der Waals surface area contributed by atoms with Crippen LogP contribution in [0.5, 0.6) is 0 Å². The van der Waals surface area contributed by atoms with Crippen molar-refractivity contribution in [3.05, 3.63) is 45.8 Å². The molecular formula is C14H16BrFN4. The molecule has 4 nitrogen and oxygen atoms in total. The van der Waals surface area contributed by atoms with Gasteiger partial charge in [-0.3, -0.25) is 0 Å². The van der Waals surface area contributed by atoms with Crippen molar-refractivity contribution in [1.29, 1.82) is 0 Å². The molecule has 0 aliphatic carbocycles. The van der Waals surface area contributed by atoms with Crippen LogP contribution >= 0.6 is 15.9 Å². The quantitative estimate of drug-likeness (QED) is 0.887. The lowest BCUT2D eigenvalue weighted by Crippen LogP contribution is -2.10. The predicted molar refractivity (Wildman–Crippen MR) is 82.5 cm³/mol. The topological polar surface area (TPSA) is 49.8 Å². The second kappa shape index (κ2) is 6.17. The van der Waals surface area contributed by atoms with Gasteiger partial charge in [-0.2, -0.15) is 4.98 Å². The summed E-state index contributed by atoms with van der Waals surface area (Å²) >= 11 is 3.40. The third-order valence-electron chi connectivity index (χ3n) is 3.02. The van der Waals surface area contributed by atoms with Crippen molar-refractivity contribution >= 4 is 27.7 Å². The van der Waals surface area contributed by atoms with Crippen LogP contribution in [0.3, 0.4) is 0 Å². The zero-order valence-corrected chi connectivity index (χ0v) is 13.1. The number of hydrogen-bond donors (Lipinski definition) is 2. The number of benzene rings is 1. The highest BCUT2D eigenvalue weighted by molar-refractivity contribution is 9.10. The highest BCUT2D eigenvalue weighted by Gasteiger charge is 2.11. The fraction of sp³-hybridized carbons (Fsp3) is 0.286. The Morgan fingerprint density at radius 1 is 1.35 bits per heavy atom. The van der Waals surface area contributed by atoms with Gasteiger partial charge in [-0.25, -0.2) is 9.37 Å². The minimum Gasteiger partial charge on any atom is -0.362 e. The Morgan fingerprint density at radius 2 is 2.10 bits per heavy atom. The zero-order chi connectivity index (χ0) is 14.7. The maximum Gasteiger partial charge on any atom is 0.224 e. The van der Waals surface area contributed by atoms with Crippen LogP contribution in [0.25, 0.3) is 0 Å². The van der Waals surface area contributed by atoms with Crippen molar-refractivity contribution in [3.63, 3.8) is 0 Å². The monoisotopic (exact) mass is 338 g/mol. The zero-order valence-electron chi connectivity index (χ0n) is 11.5. The maximum absolute atomic E-state index is 13.6. The Labute approximate surface area is 126 Å². The summed E-state index contributed by atoms with van der Waals surface area (Å²) in [7, 11) is 1.76. The van der Waals surface area contributed by atoms with Crippen molar-refractivity contribution < 1.29 is 4.39 Å². The molecule has 0 spiro atoms. The van der Waals surface area contributed by atoms with Gasteiger partial charge in [0.1, 0.15) is 11.6 Å². The van der Waals surface area contributed by atoms with E-state index in [1.54, 1.807) is 32.3 Å². The van der Waals surface area contributed by atoms with E-state index in [0.29, 0.717) is 17.3 Å². The van der Waals surface area contributed by atoms with E-state index in [2.05, 4.69) is 36.5 Å². The molecule has 1 aromatic heterocycles. The van der Waals surface area contributed by atoms with E-state index in [9.17, 15) is 4.39 Å². The van der Waals surface area contributed by atoms with Crippen LogP contribution in [0, 0.1) is 12.7 Å². The molecule has 2 rings (SSSR count). The molecule has 0 aliphatic heterocycles. The summed E-state index contributed by atoms with van der Waals surface area (Å²) in [5.41, 5.74) is 1.51. The molecular weight excluding hydrogens is 323 g/mol. The highest BCUT2D eigenvalue weighted by atomic mass is 79.9. The van der Waals surface area contributed by atoms with Crippen LogP contribution in [0.1, 0.15) is 24.1 Å². The Hall–Kier alpha value is -1.69. The van der Waals surface area contributed by atoms with Crippen molar-refractivity contribution in [2.75, 3.05) is 17.7 Å². The molecule has 0 amide bonds. The van der Waals surface area contributed by atoms with Crippen LogP contribution in [0.4, 0.5) is 16.2 Å². The van der Waals surface area contributed by atoms with Gasteiger partial charge in [0.25, 0.3) is 0 Å². The van der Waals surface area contributed by atoms with Gasteiger partial charge in [-0.05, 0) is 47.0 Å². The maximum atomic E-state index is 13.6. The molecule has 1 unspecified atom stereocenters. The van der Waals surface area contributed by atoms with Crippen LogP contribution in [0.2, 0.25) is 0 Å². The van der Waals surface area contributed by atoms with Gasteiger partial charge in [-0.1, -0.05) is 12.1 Å². The van der Waals surface area contributed by atoms with Crippen LogP contribution < -0.4 is 10.6 Å². The van der Waals surface area contributed by atoms with E-state index in [1.807, 2.05) is 13.0 Å². The molecule has 6 heteroatoms. The van der Waals surface area contributed by atoms with Crippen molar-refractivity contribution in [2.45, 2.75) is 19.9 Å². The molecule has 1 heterocycles. The lowest BCUT2D eigenvalue weighted by molar-refractivity contribution is 0.614. The predicted octanol–water partition coefficient (Wildman–Crippen LogP) is 3.90. The number of halogens is 2. The molecule has 0 saturated heterocycles. The van der Waals surface area contributed by atoms with E-state index in [-0.39, 0.29) is 11.9 Å². The number of nitrogens with zero attached hydrogens (tertiary/aromatic N) is 2. The minimum atomic E-state index is -0.200. The van der Waals surface area contributed by atoms with Crippen LogP contribution in [-0.4, -0.2) is 17.0 Å². The first-order valence-corrected chi connectivity index (χ1v) is 7.03. The number of nitrogens with one attached hydrogen (secondary N) is 2. The summed E-state index contributed by atoms with van der Waals surface area (Å²) in [6.07, 6.45) is 1.67. The number of rotatable bonds is 4. The van der Waals surface area contributed by atoms with E-state index in [4.69, 9.17) is 0 Å². The first kappa shape index (κ1) is 14.7. The summed E-state index contributed by atoms with van der Waals surface area (Å²) in [5.74, 6) is 0.990. The van der Waals surface area contributed by atoms with E-state index in [0.717, 1.165) is 10.0 Å². The fourth-order valence-corrected chi connectivity index (χ4v) is 2.06. The largest absolute Gasteiger partial charge is 0.362 e. The summed E-state index contributed by atoms with van der Waals surface area (Å²) in [6, 6.07) is 5.16. The summed E-state index contributed by atoms with van der Waals surface area (Å²) in [5, 5.41) is 6.12. The van der Waals surface area contributed by atoms with Crippen molar-refractivity contribution in [3.8, 4) is 0 Å². The molecule has 1 aromatic carbocycles. The molecule has 0 aliphatic rings. The Bertz CT molecular complexity index is 618. The summed E-state index contributed by atoms with van der Waals surface area (Å²) < 4.78 is 14.4. The van der Waals surface area contributed by atoms with Crippen molar-refractivity contribution in [1.82, 2.24) is 9.97 Å². The van der Waals surface area contributed by atoms with E-state index >= 15 is 0 Å². The number of hydrogen-bond acceptors (Lipinski definition) is 4. The van der Waals surface area contributed by atoms with Gasteiger partial charge in [0.2, 0.25) is 5.95 Å². The highest BCUT2D eigenvalue weighted by Crippen LogP contribution is 2.25. The average Bonchev–Trinajstić information content (AvgIpc) is 2.44. The normalized spacial score (nSPS) is 12.1. The first-order valence-electron chi connectivity index (χ1n) is 6.24. The SMILES string of the molecule is CNc1ncc(Br)c(NC(C)c2ccc(C)c(F)c2)n1. The molecule has 2 N–H and O–H groups in total. The van der Waals surface area contributed by atoms with Crippen LogP contribution in [-0.2, 0) is 0 Å². The summed E-state index contributed by atoms with van der Waals surface area (Å²) in [6.45, 7) is 3.70. The van der Waals surface area contributed by atoms with Gasteiger partial charge < -0.3 is 10.6 Å². The van der Waals surface area contributed by atoms with Gasteiger partial charge in [-0.15, -0.1) is 0 Å². The fourth-order valence-electron chi connectivity index (χ4n) is 1.76. The third kappa shape index (κ3) is 3.25. The minimum absolute atomic E-state index is 0.0685. The standard InChI is InChI=1S/C14H16BrFN4/c1-8-4-5-10(6-12(8)16)9(2)19-13-11(15)7-18-14(17-3)20-13/h4-7,9H,1-3H3,(H2,17,18,19,20). The first-order chi connectivity index (χ1) is 9.51. The molecule has 0 fully saturated rings. The van der Waals surface area contributed by atoms with Gasteiger partial charge in [0, 0.05) is 13.2 Å². The number of anilines is 2. The number of aromatic nitrogens is 2. The smallest absolute Gasteiger partial charge is 0.224 e. The molecule has 1 atom stereocenters. The molecule has 20 heavy (non-hydrogen) atoms. The average molecular weight is 339 g/mol. The van der Waals surface area contributed by atoms with Crippen LogP contribution in [0.15, 0.2) is 28.9 Å². The number of aryl methyl sites for hydroxylation is 1. The summed E-state index contributed by atoms with van der Waals surface area (Å²) in [4.78, 5) is 8.42. The second-order valence-electron chi connectivity index (χ2n) is 4.51. The lowest BCUT2D eigenvalue weighted by atomic mass is 10.1. The Morgan fingerprint density at radius 3 is 2.75 bits per heavy atom. The Balaban J connectivity index is 2.22. The van der Waals surface area contributed by atoms with E-state index < -0.39 is 0 Å². The van der Waals surface area contributed by atoms with Crippen molar-refractivity contribution in [2.24, 2.45) is 0 Å². The lowest BCUT2D eigenvalue weighted by Gasteiger charge is -2.17. The van der Waals surface area contributed by atoms with Gasteiger partial charge >= 0.3 is 0 Å². The molecule has 0 saturated carbocycles. The second-order valence-corrected chi connectivity index (χ2v) is 5.37. The third-order valence-corrected chi connectivity index (χ3v) is 3.60. The molecule has 106 valence electrons.